The molecule has 3 amide bonds. The molecule has 2 aromatic carbocycles. The monoisotopic (exact) mass is 466 g/mol. The van der Waals surface area contributed by atoms with Crippen LogP contribution in [0.25, 0.3) is 0 Å². The lowest BCUT2D eigenvalue weighted by Crippen LogP contribution is -2.40. The van der Waals surface area contributed by atoms with Crippen molar-refractivity contribution < 1.29 is 19.3 Å². The predicted molar refractivity (Wildman–Crippen MR) is 128 cm³/mol. The second kappa shape index (κ2) is 11.9. The van der Waals surface area contributed by atoms with E-state index in [4.69, 9.17) is 0 Å². The number of hydrogen-bond donors (Lipinski definition) is 2. The number of anilines is 1. The minimum Gasteiger partial charge on any atom is -0.348 e. The van der Waals surface area contributed by atoms with Gasteiger partial charge in [0.1, 0.15) is 0 Å². The Bertz CT molecular complexity index is 1020. The molecule has 0 radical (unpaired) electrons. The molecule has 0 saturated carbocycles. The van der Waals surface area contributed by atoms with E-state index in [0.717, 1.165) is 37.7 Å². The van der Waals surface area contributed by atoms with Crippen molar-refractivity contribution >= 4 is 29.1 Å². The Hall–Kier alpha value is -3.75. The minimum absolute atomic E-state index is 0.0345. The van der Waals surface area contributed by atoms with Crippen LogP contribution in [0.15, 0.2) is 48.5 Å². The molecule has 1 heterocycles. The van der Waals surface area contributed by atoms with E-state index >= 15 is 0 Å². The standard InChI is InChI=1S/C25H30N4O5/c1-18-7-11-21(12-8-18)27-24(31)23(30)26-15-3-2-5-19-6-4-16-28(17-19)25(32)20-9-13-22(14-10-20)29(33)34/h7-14,19H,2-6,15-17H2,1H3,(H,26,30)(H,27,31). The Morgan fingerprint density at radius 3 is 2.41 bits per heavy atom. The van der Waals surface area contributed by atoms with E-state index in [2.05, 4.69) is 10.6 Å². The average molecular weight is 467 g/mol. The highest BCUT2D eigenvalue weighted by Gasteiger charge is 2.24. The first-order chi connectivity index (χ1) is 16.3. The van der Waals surface area contributed by atoms with Crippen LogP contribution in [-0.2, 0) is 9.59 Å². The number of carbonyl (C=O) groups is 3. The Morgan fingerprint density at radius 1 is 1.03 bits per heavy atom. The maximum atomic E-state index is 12.8. The number of nitrogens with one attached hydrogen (secondary N) is 2. The normalized spacial score (nSPS) is 15.4. The molecule has 1 atom stereocenters. The molecule has 34 heavy (non-hydrogen) atoms. The third-order valence-electron chi connectivity index (χ3n) is 5.97. The van der Waals surface area contributed by atoms with Crippen molar-refractivity contribution in [2.24, 2.45) is 5.92 Å². The van der Waals surface area contributed by atoms with Crippen molar-refractivity contribution in [2.75, 3.05) is 25.0 Å². The Kier molecular flexibility index (Phi) is 8.73. The maximum Gasteiger partial charge on any atom is 0.313 e. The molecule has 2 aromatic rings. The van der Waals surface area contributed by atoms with Crippen molar-refractivity contribution in [3.05, 3.63) is 69.8 Å². The number of rotatable bonds is 8. The lowest BCUT2D eigenvalue weighted by atomic mass is 9.92. The number of amides is 3. The third kappa shape index (κ3) is 7.13. The number of carbonyl (C=O) groups excluding carboxylic acids is 3. The van der Waals surface area contributed by atoms with Crippen LogP contribution in [0.5, 0.6) is 0 Å². The molecule has 2 N–H and O–H groups in total. The molecular formula is C25H30N4O5. The molecule has 1 saturated heterocycles. The van der Waals surface area contributed by atoms with Gasteiger partial charge in [-0.15, -0.1) is 0 Å². The fraction of sp³-hybridized carbons (Fsp3) is 0.400. The Labute approximate surface area is 198 Å². The molecule has 1 unspecified atom stereocenters. The first-order valence-corrected chi connectivity index (χ1v) is 11.5. The van der Waals surface area contributed by atoms with Crippen molar-refractivity contribution in [2.45, 2.75) is 39.0 Å². The van der Waals surface area contributed by atoms with Crippen molar-refractivity contribution in [1.82, 2.24) is 10.2 Å². The summed E-state index contributed by atoms with van der Waals surface area (Å²) in [6.07, 6.45) is 4.50. The summed E-state index contributed by atoms with van der Waals surface area (Å²) in [4.78, 5) is 48.9. The summed E-state index contributed by atoms with van der Waals surface area (Å²) in [5.41, 5.74) is 2.07. The average Bonchev–Trinajstić information content (AvgIpc) is 2.84. The summed E-state index contributed by atoms with van der Waals surface area (Å²) >= 11 is 0. The molecule has 0 aliphatic carbocycles. The first kappa shape index (κ1) is 24.9. The highest BCUT2D eigenvalue weighted by Crippen LogP contribution is 2.23. The van der Waals surface area contributed by atoms with Crippen molar-refractivity contribution in [3.8, 4) is 0 Å². The van der Waals surface area contributed by atoms with E-state index in [9.17, 15) is 24.5 Å². The van der Waals surface area contributed by atoms with Crippen LogP contribution in [0.3, 0.4) is 0 Å². The van der Waals surface area contributed by atoms with Gasteiger partial charge in [0, 0.05) is 43.0 Å². The van der Waals surface area contributed by atoms with Gasteiger partial charge >= 0.3 is 11.8 Å². The van der Waals surface area contributed by atoms with Gasteiger partial charge in [-0.25, -0.2) is 0 Å². The van der Waals surface area contributed by atoms with Crippen molar-refractivity contribution in [1.29, 1.82) is 0 Å². The molecule has 1 fully saturated rings. The minimum atomic E-state index is -0.684. The zero-order chi connectivity index (χ0) is 24.5. The predicted octanol–water partition coefficient (Wildman–Crippen LogP) is 3.68. The van der Waals surface area contributed by atoms with E-state index in [0.29, 0.717) is 36.8 Å². The van der Waals surface area contributed by atoms with Crippen LogP contribution in [0, 0.1) is 23.0 Å². The van der Waals surface area contributed by atoms with Crippen LogP contribution < -0.4 is 10.6 Å². The fourth-order valence-electron chi connectivity index (χ4n) is 4.06. The first-order valence-electron chi connectivity index (χ1n) is 11.5. The highest BCUT2D eigenvalue weighted by molar-refractivity contribution is 6.39. The molecular weight excluding hydrogens is 436 g/mol. The summed E-state index contributed by atoms with van der Waals surface area (Å²) in [5.74, 6) is -1.07. The molecule has 0 spiro atoms. The van der Waals surface area contributed by atoms with Crippen LogP contribution in [-0.4, -0.2) is 47.2 Å². The molecule has 9 nitrogen and oxygen atoms in total. The number of piperidine rings is 1. The van der Waals surface area contributed by atoms with Crippen LogP contribution in [0.2, 0.25) is 0 Å². The third-order valence-corrected chi connectivity index (χ3v) is 5.97. The number of non-ortho nitro benzene ring substituents is 1. The summed E-state index contributed by atoms with van der Waals surface area (Å²) in [7, 11) is 0. The number of nitro groups is 1. The van der Waals surface area contributed by atoms with Gasteiger partial charge in [-0.1, -0.05) is 24.1 Å². The van der Waals surface area contributed by atoms with Gasteiger partial charge in [0.25, 0.3) is 11.6 Å². The lowest BCUT2D eigenvalue weighted by Gasteiger charge is -2.33. The van der Waals surface area contributed by atoms with Gasteiger partial charge < -0.3 is 15.5 Å². The Balaban J connectivity index is 1.35. The van der Waals surface area contributed by atoms with Gasteiger partial charge in [-0.05, 0) is 62.8 Å². The van der Waals surface area contributed by atoms with Crippen LogP contribution in [0.1, 0.15) is 48.0 Å². The van der Waals surface area contributed by atoms with Crippen molar-refractivity contribution in [3.63, 3.8) is 0 Å². The van der Waals surface area contributed by atoms with Gasteiger partial charge in [0.2, 0.25) is 0 Å². The van der Waals surface area contributed by atoms with Gasteiger partial charge in [-0.3, -0.25) is 24.5 Å². The molecule has 0 bridgehead atoms. The highest BCUT2D eigenvalue weighted by atomic mass is 16.6. The molecule has 180 valence electrons. The van der Waals surface area contributed by atoms with Gasteiger partial charge in [0.05, 0.1) is 4.92 Å². The number of aryl methyl sites for hydroxylation is 1. The molecule has 9 heteroatoms. The number of hydrogen-bond acceptors (Lipinski definition) is 5. The van der Waals surface area contributed by atoms with E-state index in [1.54, 1.807) is 12.1 Å². The van der Waals surface area contributed by atoms with Crippen LogP contribution in [0.4, 0.5) is 11.4 Å². The van der Waals surface area contributed by atoms with Gasteiger partial charge in [-0.2, -0.15) is 0 Å². The second-order valence-corrected chi connectivity index (χ2v) is 8.64. The number of likely N-dealkylation sites (tertiary alicyclic amines) is 1. The number of benzene rings is 2. The zero-order valence-electron chi connectivity index (χ0n) is 19.3. The smallest absolute Gasteiger partial charge is 0.313 e. The number of nitro benzene ring substituents is 1. The van der Waals surface area contributed by atoms with E-state index in [1.807, 2.05) is 24.0 Å². The fourth-order valence-corrected chi connectivity index (χ4v) is 4.06. The van der Waals surface area contributed by atoms with E-state index in [1.165, 1.54) is 24.3 Å². The molecule has 3 rings (SSSR count). The molecule has 1 aliphatic rings. The second-order valence-electron chi connectivity index (χ2n) is 8.64. The summed E-state index contributed by atoms with van der Waals surface area (Å²) in [6.45, 7) is 3.69. The van der Waals surface area contributed by atoms with Gasteiger partial charge in [0.15, 0.2) is 0 Å². The number of nitrogens with zero attached hydrogens (tertiary/aromatic N) is 2. The molecule has 0 aromatic heterocycles. The zero-order valence-corrected chi connectivity index (χ0v) is 19.3. The summed E-state index contributed by atoms with van der Waals surface area (Å²) < 4.78 is 0. The van der Waals surface area contributed by atoms with E-state index in [-0.39, 0.29) is 11.6 Å². The summed E-state index contributed by atoms with van der Waals surface area (Å²) in [5, 5.41) is 16.0. The molecule has 1 aliphatic heterocycles. The Morgan fingerprint density at radius 2 is 1.74 bits per heavy atom. The summed E-state index contributed by atoms with van der Waals surface area (Å²) in [6, 6.07) is 12.9. The quantitative estimate of drug-likeness (QED) is 0.266. The maximum absolute atomic E-state index is 12.8. The number of unbranched alkanes of at least 4 members (excludes halogenated alkanes) is 1. The van der Waals surface area contributed by atoms with E-state index < -0.39 is 16.7 Å². The van der Waals surface area contributed by atoms with Crippen LogP contribution >= 0.6 is 0 Å². The largest absolute Gasteiger partial charge is 0.348 e. The SMILES string of the molecule is Cc1ccc(NC(=O)C(=O)NCCCCC2CCCN(C(=O)c3ccc([N+](=O)[O-])cc3)C2)cc1. The topological polar surface area (TPSA) is 122 Å². The lowest BCUT2D eigenvalue weighted by molar-refractivity contribution is -0.384.